The Bertz CT molecular complexity index is 537. The van der Waals surface area contributed by atoms with Crippen molar-refractivity contribution in [3.05, 3.63) is 30.1 Å². The molecule has 1 aromatic rings. The molecular formula is C17H24FN3O2. The Hall–Kier alpha value is -2.11. The maximum absolute atomic E-state index is 12.9. The highest BCUT2D eigenvalue weighted by Gasteiger charge is 2.22. The second kappa shape index (κ2) is 7.94. The average Bonchev–Trinajstić information content (AvgIpc) is 2.54. The smallest absolute Gasteiger partial charge is 0.232 e. The Morgan fingerprint density at radius 1 is 1.13 bits per heavy atom. The Balaban J connectivity index is 1.78. The highest BCUT2D eigenvalue weighted by Crippen LogP contribution is 2.17. The van der Waals surface area contributed by atoms with Crippen molar-refractivity contribution >= 4 is 17.5 Å². The van der Waals surface area contributed by atoms with Gasteiger partial charge >= 0.3 is 0 Å². The fourth-order valence-electron chi connectivity index (χ4n) is 2.50. The number of nitrogens with one attached hydrogen (secondary N) is 1. The monoisotopic (exact) mass is 321 g/mol. The van der Waals surface area contributed by atoms with Gasteiger partial charge in [0.2, 0.25) is 11.8 Å². The Labute approximate surface area is 136 Å². The van der Waals surface area contributed by atoms with Crippen molar-refractivity contribution in [2.75, 3.05) is 37.6 Å². The molecule has 1 heterocycles. The quantitative estimate of drug-likeness (QED) is 0.839. The molecular weight excluding hydrogens is 297 g/mol. The van der Waals surface area contributed by atoms with Crippen LogP contribution in [0.3, 0.4) is 0 Å². The number of hydrogen-bond donors (Lipinski definition) is 1. The average molecular weight is 321 g/mol. The maximum Gasteiger partial charge on any atom is 0.232 e. The maximum atomic E-state index is 12.9. The van der Waals surface area contributed by atoms with E-state index in [4.69, 9.17) is 0 Å². The van der Waals surface area contributed by atoms with Crippen molar-refractivity contribution in [1.82, 2.24) is 10.2 Å². The Morgan fingerprint density at radius 2 is 1.74 bits per heavy atom. The minimum atomic E-state index is -0.255. The zero-order valence-electron chi connectivity index (χ0n) is 13.7. The van der Waals surface area contributed by atoms with E-state index in [1.54, 1.807) is 17.0 Å². The summed E-state index contributed by atoms with van der Waals surface area (Å²) in [7, 11) is 0. The predicted octanol–water partition coefficient (Wildman–Crippen LogP) is 1.64. The van der Waals surface area contributed by atoms with Gasteiger partial charge in [-0.25, -0.2) is 4.39 Å². The number of benzene rings is 1. The molecule has 1 aliphatic rings. The van der Waals surface area contributed by atoms with Crippen LogP contribution in [0.25, 0.3) is 0 Å². The number of nitrogens with zero attached hydrogens (tertiary/aromatic N) is 2. The number of carbonyl (C=O) groups excluding carboxylic acids is 2. The van der Waals surface area contributed by atoms with Gasteiger partial charge in [-0.3, -0.25) is 9.59 Å². The van der Waals surface area contributed by atoms with Gasteiger partial charge in [0.15, 0.2) is 0 Å². The topological polar surface area (TPSA) is 52.7 Å². The number of halogens is 1. The van der Waals surface area contributed by atoms with E-state index >= 15 is 0 Å². The van der Waals surface area contributed by atoms with Crippen molar-refractivity contribution in [2.45, 2.75) is 20.3 Å². The van der Waals surface area contributed by atoms with Crippen molar-refractivity contribution in [3.63, 3.8) is 0 Å². The van der Waals surface area contributed by atoms with Crippen LogP contribution in [0.2, 0.25) is 0 Å². The number of piperazine rings is 1. The molecule has 1 N–H and O–H groups in total. The first-order valence-corrected chi connectivity index (χ1v) is 8.00. The molecule has 126 valence electrons. The van der Waals surface area contributed by atoms with E-state index < -0.39 is 0 Å². The molecule has 1 saturated heterocycles. The minimum absolute atomic E-state index is 0.0940. The lowest BCUT2D eigenvalue weighted by Crippen LogP contribution is -2.49. The van der Waals surface area contributed by atoms with Crippen LogP contribution < -0.4 is 10.2 Å². The first kappa shape index (κ1) is 17.2. The third-order valence-corrected chi connectivity index (χ3v) is 3.84. The summed E-state index contributed by atoms with van der Waals surface area (Å²) in [5.41, 5.74) is 0.952. The lowest BCUT2D eigenvalue weighted by molar-refractivity contribution is -0.136. The lowest BCUT2D eigenvalue weighted by Gasteiger charge is -2.36. The first-order chi connectivity index (χ1) is 11.0. The van der Waals surface area contributed by atoms with Crippen LogP contribution in [-0.2, 0) is 9.59 Å². The van der Waals surface area contributed by atoms with Crippen LogP contribution in [-0.4, -0.2) is 49.4 Å². The van der Waals surface area contributed by atoms with Crippen LogP contribution in [0.4, 0.5) is 10.1 Å². The molecule has 0 radical (unpaired) electrons. The molecule has 5 nitrogen and oxygen atoms in total. The van der Waals surface area contributed by atoms with Crippen LogP contribution in [0.5, 0.6) is 0 Å². The number of anilines is 1. The third kappa shape index (κ3) is 5.23. The third-order valence-electron chi connectivity index (χ3n) is 3.84. The summed E-state index contributed by atoms with van der Waals surface area (Å²) < 4.78 is 12.9. The number of rotatable bonds is 5. The molecule has 0 bridgehead atoms. The van der Waals surface area contributed by atoms with E-state index in [1.165, 1.54) is 12.1 Å². The molecule has 0 spiro atoms. The largest absolute Gasteiger partial charge is 0.368 e. The second-order valence-electron chi connectivity index (χ2n) is 6.22. The van der Waals surface area contributed by atoms with Crippen molar-refractivity contribution in [1.29, 1.82) is 0 Å². The van der Waals surface area contributed by atoms with Gasteiger partial charge in [-0.2, -0.15) is 0 Å². The zero-order valence-corrected chi connectivity index (χ0v) is 13.7. The van der Waals surface area contributed by atoms with E-state index in [9.17, 15) is 14.0 Å². The van der Waals surface area contributed by atoms with Gasteiger partial charge in [0.25, 0.3) is 0 Å². The number of amides is 2. The molecule has 23 heavy (non-hydrogen) atoms. The predicted molar refractivity (Wildman–Crippen MR) is 87.7 cm³/mol. The summed E-state index contributed by atoms with van der Waals surface area (Å²) in [4.78, 5) is 27.7. The lowest BCUT2D eigenvalue weighted by atomic mass is 10.2. The molecule has 0 aliphatic carbocycles. The normalized spacial score (nSPS) is 15.0. The summed E-state index contributed by atoms with van der Waals surface area (Å²) in [6.07, 6.45) is -0.0940. The minimum Gasteiger partial charge on any atom is -0.368 e. The van der Waals surface area contributed by atoms with Gasteiger partial charge in [0, 0.05) is 38.4 Å². The summed E-state index contributed by atoms with van der Waals surface area (Å²) in [5.74, 6) is -0.238. The van der Waals surface area contributed by atoms with Crippen LogP contribution in [0.15, 0.2) is 24.3 Å². The van der Waals surface area contributed by atoms with Gasteiger partial charge < -0.3 is 15.1 Å². The van der Waals surface area contributed by atoms with Gasteiger partial charge in [0.05, 0.1) is 0 Å². The van der Waals surface area contributed by atoms with Gasteiger partial charge in [0.1, 0.15) is 12.2 Å². The summed E-state index contributed by atoms with van der Waals surface area (Å²) in [5, 5.41) is 2.76. The van der Waals surface area contributed by atoms with E-state index in [1.807, 2.05) is 13.8 Å². The Morgan fingerprint density at radius 3 is 2.30 bits per heavy atom. The summed E-state index contributed by atoms with van der Waals surface area (Å²) >= 11 is 0. The molecule has 1 aromatic carbocycles. The fraction of sp³-hybridized carbons (Fsp3) is 0.529. The van der Waals surface area contributed by atoms with Gasteiger partial charge in [-0.1, -0.05) is 13.8 Å². The second-order valence-corrected chi connectivity index (χ2v) is 6.22. The zero-order chi connectivity index (χ0) is 16.8. The molecule has 6 heteroatoms. The first-order valence-electron chi connectivity index (χ1n) is 8.00. The van der Waals surface area contributed by atoms with Crippen molar-refractivity contribution in [2.24, 2.45) is 5.92 Å². The molecule has 1 aliphatic heterocycles. The molecule has 2 amide bonds. The van der Waals surface area contributed by atoms with E-state index in [0.29, 0.717) is 38.6 Å². The highest BCUT2D eigenvalue weighted by molar-refractivity contribution is 5.96. The molecule has 2 rings (SSSR count). The summed E-state index contributed by atoms with van der Waals surface area (Å²) in [6, 6.07) is 6.36. The molecule has 0 aromatic heterocycles. The highest BCUT2D eigenvalue weighted by atomic mass is 19.1. The molecule has 0 unspecified atom stereocenters. The fourth-order valence-corrected chi connectivity index (χ4v) is 2.50. The number of hydrogen-bond acceptors (Lipinski definition) is 3. The van der Waals surface area contributed by atoms with E-state index in [-0.39, 0.29) is 24.1 Å². The van der Waals surface area contributed by atoms with Crippen LogP contribution in [0, 0.1) is 11.7 Å². The van der Waals surface area contributed by atoms with Crippen LogP contribution in [0.1, 0.15) is 20.3 Å². The van der Waals surface area contributed by atoms with E-state index in [2.05, 4.69) is 10.2 Å². The standard InChI is InChI=1S/C17H24FN3O2/c1-13(2)12-19-16(22)11-17(23)21-9-7-20(8-10-21)15-5-3-14(18)4-6-15/h3-6,13H,7-12H2,1-2H3,(H,19,22). The summed E-state index contributed by atoms with van der Waals surface area (Å²) in [6.45, 7) is 7.13. The van der Waals surface area contributed by atoms with Crippen molar-refractivity contribution < 1.29 is 14.0 Å². The van der Waals surface area contributed by atoms with Gasteiger partial charge in [-0.15, -0.1) is 0 Å². The van der Waals surface area contributed by atoms with Gasteiger partial charge in [-0.05, 0) is 30.2 Å². The number of carbonyl (C=O) groups is 2. The SMILES string of the molecule is CC(C)CNC(=O)CC(=O)N1CCN(c2ccc(F)cc2)CC1. The Kier molecular flexibility index (Phi) is 5.96. The van der Waals surface area contributed by atoms with Crippen molar-refractivity contribution in [3.8, 4) is 0 Å². The van der Waals surface area contributed by atoms with E-state index in [0.717, 1.165) is 5.69 Å². The molecule has 1 fully saturated rings. The van der Waals surface area contributed by atoms with Crippen LogP contribution >= 0.6 is 0 Å². The molecule has 0 saturated carbocycles. The molecule has 0 atom stereocenters.